The molecule has 1 fully saturated rings. The number of alkyl halides is 3. The van der Waals surface area contributed by atoms with Crippen molar-refractivity contribution in [2.45, 2.75) is 51.9 Å². The molecule has 2 aromatic rings. The lowest BCUT2D eigenvalue weighted by molar-refractivity contribution is -0.192. The summed E-state index contributed by atoms with van der Waals surface area (Å²) in [4.78, 5) is 20.8. The van der Waals surface area contributed by atoms with Crippen molar-refractivity contribution in [3.05, 3.63) is 12.1 Å². The first kappa shape index (κ1) is 27.2. The third-order valence-corrected chi connectivity index (χ3v) is 5.38. The van der Waals surface area contributed by atoms with Crippen molar-refractivity contribution >= 4 is 28.6 Å². The number of methoxy groups -OCH3 is 2. The SMILES string of the molecule is CCNc1nc(NC2CCN(C(C)C)CC2)c2cc(OC)c(OC)cc2n1.O=C(O)C(F)(F)F. The van der Waals surface area contributed by atoms with E-state index in [-0.39, 0.29) is 0 Å². The monoisotopic (exact) mass is 487 g/mol. The van der Waals surface area contributed by atoms with Crippen molar-refractivity contribution in [3.63, 3.8) is 0 Å². The zero-order valence-electron chi connectivity index (χ0n) is 20.0. The molecule has 0 atom stereocenters. The van der Waals surface area contributed by atoms with Gasteiger partial charge in [0.05, 0.1) is 19.7 Å². The number of hydrogen-bond acceptors (Lipinski definition) is 8. The van der Waals surface area contributed by atoms with E-state index in [2.05, 4.69) is 34.4 Å². The van der Waals surface area contributed by atoms with Crippen molar-refractivity contribution in [1.29, 1.82) is 0 Å². The Labute approximate surface area is 196 Å². The highest BCUT2D eigenvalue weighted by molar-refractivity contribution is 5.92. The van der Waals surface area contributed by atoms with Crippen LogP contribution in [-0.2, 0) is 4.79 Å². The Morgan fingerprint density at radius 2 is 1.74 bits per heavy atom. The number of likely N-dealkylation sites (tertiary alicyclic amines) is 1. The normalized spacial score (nSPS) is 15.0. The van der Waals surface area contributed by atoms with Crippen LogP contribution in [-0.4, -0.2) is 78.1 Å². The number of hydrogen-bond donors (Lipinski definition) is 3. The van der Waals surface area contributed by atoms with Gasteiger partial charge in [-0.1, -0.05) is 0 Å². The van der Waals surface area contributed by atoms with E-state index >= 15 is 0 Å². The Balaban J connectivity index is 0.000000509. The second-order valence-electron chi connectivity index (χ2n) is 8.00. The first-order chi connectivity index (χ1) is 16.0. The molecular weight excluding hydrogens is 455 g/mol. The molecular formula is C22H32F3N5O4. The van der Waals surface area contributed by atoms with E-state index in [4.69, 9.17) is 24.4 Å². The van der Waals surface area contributed by atoms with E-state index in [1.165, 1.54) is 0 Å². The molecule has 3 rings (SSSR count). The van der Waals surface area contributed by atoms with Gasteiger partial charge in [0, 0.05) is 43.2 Å². The van der Waals surface area contributed by atoms with E-state index < -0.39 is 12.1 Å². The predicted octanol–water partition coefficient (Wildman–Crippen LogP) is 4.00. The number of halogens is 3. The fourth-order valence-corrected chi connectivity index (χ4v) is 3.56. The largest absolute Gasteiger partial charge is 0.493 e. The van der Waals surface area contributed by atoms with Gasteiger partial charge in [0.1, 0.15) is 5.82 Å². The molecule has 0 aliphatic carbocycles. The summed E-state index contributed by atoms with van der Waals surface area (Å²) >= 11 is 0. The minimum Gasteiger partial charge on any atom is -0.493 e. The standard InChI is InChI=1S/C20H31N5O2.C2HF3O2/c1-6-21-20-23-16-12-18(27-5)17(26-4)11-15(16)19(24-20)22-14-7-9-25(10-8-14)13(2)3;3-2(4,5)1(6)7/h11-14H,6-10H2,1-5H3,(H2,21,22,23,24);(H,6,7). The van der Waals surface area contributed by atoms with Gasteiger partial charge in [0.15, 0.2) is 11.5 Å². The third kappa shape index (κ3) is 7.24. The fraction of sp³-hybridized carbons (Fsp3) is 0.591. The Morgan fingerprint density at radius 1 is 1.18 bits per heavy atom. The molecule has 2 heterocycles. The highest BCUT2D eigenvalue weighted by atomic mass is 19.4. The van der Waals surface area contributed by atoms with E-state index in [0.717, 1.165) is 49.2 Å². The number of nitrogens with one attached hydrogen (secondary N) is 2. The summed E-state index contributed by atoms with van der Waals surface area (Å²) in [5.74, 6) is 0.0663. The van der Waals surface area contributed by atoms with Crippen LogP contribution in [0.2, 0.25) is 0 Å². The van der Waals surface area contributed by atoms with Crippen LogP contribution in [0, 0.1) is 0 Å². The number of benzene rings is 1. The lowest BCUT2D eigenvalue weighted by Crippen LogP contribution is -2.42. The number of carboxylic acids is 1. The number of carbonyl (C=O) groups is 1. The third-order valence-electron chi connectivity index (χ3n) is 5.38. The fourth-order valence-electron chi connectivity index (χ4n) is 3.56. The highest BCUT2D eigenvalue weighted by Crippen LogP contribution is 2.35. The van der Waals surface area contributed by atoms with Crippen molar-refractivity contribution in [2.24, 2.45) is 0 Å². The molecule has 9 nitrogen and oxygen atoms in total. The first-order valence-corrected chi connectivity index (χ1v) is 11.0. The molecule has 1 aromatic heterocycles. The van der Waals surface area contributed by atoms with E-state index in [1.807, 2.05) is 19.1 Å². The van der Waals surface area contributed by atoms with Crippen LogP contribution in [0.25, 0.3) is 10.9 Å². The number of carboxylic acid groups (broad SMARTS) is 1. The lowest BCUT2D eigenvalue weighted by atomic mass is 10.0. The zero-order valence-corrected chi connectivity index (χ0v) is 20.0. The second-order valence-corrected chi connectivity index (χ2v) is 8.00. The van der Waals surface area contributed by atoms with Gasteiger partial charge in [-0.2, -0.15) is 18.2 Å². The number of rotatable bonds is 7. The lowest BCUT2D eigenvalue weighted by Gasteiger charge is -2.35. The van der Waals surface area contributed by atoms with Gasteiger partial charge in [0.25, 0.3) is 0 Å². The topological polar surface area (TPSA) is 109 Å². The minimum atomic E-state index is -5.08. The number of ether oxygens (including phenoxy) is 2. The molecule has 0 radical (unpaired) electrons. The van der Waals surface area contributed by atoms with Gasteiger partial charge in [-0.3, -0.25) is 0 Å². The molecule has 190 valence electrons. The molecule has 0 spiro atoms. The summed E-state index contributed by atoms with van der Waals surface area (Å²) < 4.78 is 42.6. The Morgan fingerprint density at radius 3 is 2.21 bits per heavy atom. The van der Waals surface area contributed by atoms with Crippen LogP contribution < -0.4 is 20.1 Å². The number of aromatic nitrogens is 2. The Kier molecular flexibility index (Phi) is 9.54. The van der Waals surface area contributed by atoms with Gasteiger partial charge in [-0.15, -0.1) is 0 Å². The maximum atomic E-state index is 10.6. The first-order valence-electron chi connectivity index (χ1n) is 11.0. The summed E-state index contributed by atoms with van der Waals surface area (Å²) in [7, 11) is 3.28. The molecule has 0 saturated carbocycles. The van der Waals surface area contributed by atoms with Crippen molar-refractivity contribution in [3.8, 4) is 11.5 Å². The average molecular weight is 488 g/mol. The number of aliphatic carboxylic acids is 1. The van der Waals surface area contributed by atoms with Gasteiger partial charge in [-0.25, -0.2) is 9.78 Å². The Bertz CT molecular complexity index is 964. The molecule has 1 saturated heterocycles. The van der Waals surface area contributed by atoms with Crippen LogP contribution in [0.1, 0.15) is 33.6 Å². The van der Waals surface area contributed by atoms with Crippen molar-refractivity contribution in [1.82, 2.24) is 14.9 Å². The van der Waals surface area contributed by atoms with Gasteiger partial charge >= 0.3 is 12.1 Å². The van der Waals surface area contributed by atoms with Gasteiger partial charge < -0.3 is 30.1 Å². The van der Waals surface area contributed by atoms with Crippen LogP contribution in [0.3, 0.4) is 0 Å². The maximum Gasteiger partial charge on any atom is 0.490 e. The molecule has 12 heteroatoms. The summed E-state index contributed by atoms with van der Waals surface area (Å²) in [5.41, 5.74) is 0.834. The van der Waals surface area contributed by atoms with Crippen LogP contribution >= 0.6 is 0 Å². The van der Waals surface area contributed by atoms with Crippen LogP contribution in [0.5, 0.6) is 11.5 Å². The number of anilines is 2. The maximum absolute atomic E-state index is 10.6. The van der Waals surface area contributed by atoms with Crippen molar-refractivity contribution in [2.75, 3.05) is 44.5 Å². The molecule has 1 aliphatic rings. The highest BCUT2D eigenvalue weighted by Gasteiger charge is 2.38. The summed E-state index contributed by atoms with van der Waals surface area (Å²) in [6.07, 6.45) is -2.87. The molecule has 0 unspecified atom stereocenters. The molecule has 0 amide bonds. The van der Waals surface area contributed by atoms with Gasteiger partial charge in [0.2, 0.25) is 5.95 Å². The minimum absolute atomic E-state index is 0.403. The molecule has 1 aromatic carbocycles. The van der Waals surface area contributed by atoms with E-state index in [9.17, 15) is 13.2 Å². The average Bonchev–Trinajstić information content (AvgIpc) is 2.78. The predicted molar refractivity (Wildman–Crippen MR) is 124 cm³/mol. The van der Waals surface area contributed by atoms with E-state index in [0.29, 0.717) is 29.5 Å². The molecule has 1 aliphatic heterocycles. The number of nitrogens with zero attached hydrogens (tertiary/aromatic N) is 3. The van der Waals surface area contributed by atoms with Crippen molar-refractivity contribution < 1.29 is 32.5 Å². The second kappa shape index (κ2) is 11.9. The van der Waals surface area contributed by atoms with E-state index in [1.54, 1.807) is 14.2 Å². The quantitative estimate of drug-likeness (QED) is 0.534. The molecule has 0 bridgehead atoms. The Hall–Kier alpha value is -3.02. The number of fused-ring (bicyclic) bond motifs is 1. The van der Waals surface area contributed by atoms with Crippen LogP contribution in [0.4, 0.5) is 24.9 Å². The molecule has 3 N–H and O–H groups in total. The summed E-state index contributed by atoms with van der Waals surface area (Å²) in [5, 5.41) is 14.9. The summed E-state index contributed by atoms with van der Waals surface area (Å²) in [6, 6.07) is 4.86. The van der Waals surface area contributed by atoms with Gasteiger partial charge in [-0.05, 0) is 39.7 Å². The number of piperidine rings is 1. The summed E-state index contributed by atoms with van der Waals surface area (Å²) in [6.45, 7) is 9.54. The molecule has 34 heavy (non-hydrogen) atoms. The zero-order chi connectivity index (χ0) is 25.5. The van der Waals surface area contributed by atoms with Crippen LogP contribution in [0.15, 0.2) is 12.1 Å². The smallest absolute Gasteiger partial charge is 0.490 e.